The molecule has 4 aromatic carbocycles. The van der Waals surface area contributed by atoms with Crippen LogP contribution in [0.4, 0.5) is 5.69 Å². The minimum Gasteiger partial charge on any atom is -0.354 e. The fraction of sp³-hybridized carbons (Fsp3) is 0.297. The van der Waals surface area contributed by atoms with Crippen LogP contribution in [0, 0.1) is 26.7 Å². The fourth-order valence-electron chi connectivity index (χ4n) is 5.22. The van der Waals surface area contributed by atoms with Crippen LogP contribution >= 0.6 is 11.6 Å². The van der Waals surface area contributed by atoms with Crippen molar-refractivity contribution in [1.82, 2.24) is 10.2 Å². The third-order valence-electron chi connectivity index (χ3n) is 7.60. The lowest BCUT2D eigenvalue weighted by Crippen LogP contribution is -2.53. The molecule has 0 saturated carbocycles. The van der Waals surface area contributed by atoms with E-state index < -0.39 is 28.5 Å². The normalized spacial score (nSPS) is 12.1. The molecule has 1 N–H and O–H groups in total. The maximum absolute atomic E-state index is 14.6. The number of amides is 2. The molecular weight excluding hydrogens is 618 g/mol. The molecule has 0 aliphatic rings. The predicted octanol–water partition coefficient (Wildman–Crippen LogP) is 6.87. The van der Waals surface area contributed by atoms with Crippen LogP contribution in [0.2, 0.25) is 5.02 Å². The lowest BCUT2D eigenvalue weighted by molar-refractivity contribution is -0.140. The Morgan fingerprint density at radius 3 is 1.98 bits per heavy atom. The maximum atomic E-state index is 14.6. The van der Waals surface area contributed by atoms with Crippen LogP contribution in [0.5, 0.6) is 0 Å². The van der Waals surface area contributed by atoms with Gasteiger partial charge in [-0.15, -0.1) is 0 Å². The van der Waals surface area contributed by atoms with E-state index in [0.717, 1.165) is 32.1 Å². The van der Waals surface area contributed by atoms with Gasteiger partial charge in [-0.3, -0.25) is 13.9 Å². The molecule has 0 saturated heterocycles. The number of rotatable bonds is 13. The number of halogens is 1. The zero-order valence-electron chi connectivity index (χ0n) is 27.0. The topological polar surface area (TPSA) is 86.8 Å². The number of nitrogens with one attached hydrogen (secondary N) is 1. The summed E-state index contributed by atoms with van der Waals surface area (Å²) in [7, 11) is -4.17. The van der Waals surface area contributed by atoms with E-state index in [4.69, 9.17) is 11.6 Å². The summed E-state index contributed by atoms with van der Waals surface area (Å²) in [6.07, 6.45) is 0.248. The van der Waals surface area contributed by atoms with Crippen molar-refractivity contribution in [2.45, 2.75) is 58.5 Å². The van der Waals surface area contributed by atoms with Crippen molar-refractivity contribution >= 4 is 39.1 Å². The summed E-state index contributed by atoms with van der Waals surface area (Å²) in [5.74, 6) is -0.619. The Morgan fingerprint density at radius 1 is 0.783 bits per heavy atom. The molecule has 0 bridgehead atoms. The smallest absolute Gasteiger partial charge is 0.264 e. The second-order valence-corrected chi connectivity index (χ2v) is 14.5. The molecule has 1 unspecified atom stereocenters. The summed E-state index contributed by atoms with van der Waals surface area (Å²) >= 11 is 6.16. The van der Waals surface area contributed by atoms with Crippen molar-refractivity contribution in [3.63, 3.8) is 0 Å². The van der Waals surface area contributed by atoms with E-state index in [9.17, 15) is 18.0 Å². The predicted molar refractivity (Wildman–Crippen MR) is 185 cm³/mol. The number of sulfonamides is 1. The number of carbonyl (C=O) groups is 2. The van der Waals surface area contributed by atoms with E-state index in [1.54, 1.807) is 60.7 Å². The van der Waals surface area contributed by atoms with Crippen LogP contribution in [0.15, 0.2) is 102 Å². The highest BCUT2D eigenvalue weighted by Gasteiger charge is 2.34. The first-order valence-electron chi connectivity index (χ1n) is 15.4. The minimum atomic E-state index is -4.17. The number of hydrogen-bond donors (Lipinski definition) is 1. The van der Waals surface area contributed by atoms with Crippen LogP contribution in [-0.4, -0.2) is 44.3 Å². The van der Waals surface area contributed by atoms with Crippen LogP contribution in [-0.2, 0) is 32.6 Å². The monoisotopic (exact) mass is 659 g/mol. The summed E-state index contributed by atoms with van der Waals surface area (Å²) < 4.78 is 29.7. The second kappa shape index (κ2) is 15.4. The average Bonchev–Trinajstić information content (AvgIpc) is 3.01. The lowest BCUT2D eigenvalue weighted by Gasteiger charge is -2.34. The molecule has 4 rings (SSSR count). The minimum absolute atomic E-state index is 0.0739. The largest absolute Gasteiger partial charge is 0.354 e. The van der Waals surface area contributed by atoms with Gasteiger partial charge >= 0.3 is 0 Å². The molecule has 1 atom stereocenters. The highest BCUT2D eigenvalue weighted by molar-refractivity contribution is 7.92. The van der Waals surface area contributed by atoms with Crippen LogP contribution < -0.4 is 9.62 Å². The highest BCUT2D eigenvalue weighted by atomic mass is 35.5. The van der Waals surface area contributed by atoms with Crippen molar-refractivity contribution < 1.29 is 18.0 Å². The van der Waals surface area contributed by atoms with Crippen molar-refractivity contribution in [2.24, 2.45) is 5.92 Å². The third-order valence-corrected chi connectivity index (χ3v) is 9.64. The lowest BCUT2D eigenvalue weighted by atomic mass is 10.0. The molecule has 9 heteroatoms. The van der Waals surface area contributed by atoms with Gasteiger partial charge in [0.05, 0.1) is 10.6 Å². The van der Waals surface area contributed by atoms with Crippen molar-refractivity contribution in [2.75, 3.05) is 17.4 Å². The Balaban J connectivity index is 1.82. The van der Waals surface area contributed by atoms with Gasteiger partial charge < -0.3 is 10.2 Å². The molecule has 242 valence electrons. The van der Waals surface area contributed by atoms with Gasteiger partial charge in [0.1, 0.15) is 12.6 Å². The van der Waals surface area contributed by atoms with Gasteiger partial charge in [-0.1, -0.05) is 91.7 Å². The van der Waals surface area contributed by atoms with Crippen LogP contribution in [0.1, 0.15) is 41.7 Å². The first-order valence-corrected chi connectivity index (χ1v) is 17.2. The molecule has 0 aliphatic heterocycles. The summed E-state index contributed by atoms with van der Waals surface area (Å²) in [6.45, 7) is 9.66. The summed E-state index contributed by atoms with van der Waals surface area (Å²) in [5, 5.41) is 3.55. The number of nitrogens with zero attached hydrogens (tertiary/aromatic N) is 2. The van der Waals surface area contributed by atoms with E-state index in [0.29, 0.717) is 17.3 Å². The van der Waals surface area contributed by atoms with E-state index in [1.807, 2.05) is 71.0 Å². The summed E-state index contributed by atoms with van der Waals surface area (Å²) in [6, 6.07) is 27.7. The highest BCUT2D eigenvalue weighted by Crippen LogP contribution is 2.27. The Morgan fingerprint density at radius 2 is 1.39 bits per heavy atom. The Kier molecular flexibility index (Phi) is 11.7. The number of aryl methyl sites for hydroxylation is 3. The van der Waals surface area contributed by atoms with E-state index in [1.165, 1.54) is 4.90 Å². The summed E-state index contributed by atoms with van der Waals surface area (Å²) in [4.78, 5) is 30.0. The summed E-state index contributed by atoms with van der Waals surface area (Å²) in [5.41, 5.74) is 4.64. The molecule has 4 aromatic rings. The zero-order valence-corrected chi connectivity index (χ0v) is 28.6. The molecule has 0 spiro atoms. The van der Waals surface area contributed by atoms with E-state index in [2.05, 4.69) is 5.32 Å². The van der Waals surface area contributed by atoms with Gasteiger partial charge in [0.15, 0.2) is 0 Å². The van der Waals surface area contributed by atoms with E-state index in [-0.39, 0.29) is 29.7 Å². The Labute approximate surface area is 278 Å². The number of benzene rings is 4. The molecular formula is C37H42ClN3O4S. The SMILES string of the molecule is Cc1ccc(S(=O)(=O)N(CC(=O)N(Cc2ccc(Cl)cc2)C(Cc2ccccc2)C(=O)NCC(C)C)c2cc(C)cc(C)c2)cc1. The van der Waals surface area contributed by atoms with Gasteiger partial charge in [0.2, 0.25) is 11.8 Å². The number of anilines is 1. The van der Waals surface area contributed by atoms with Crippen LogP contribution in [0.25, 0.3) is 0 Å². The second-order valence-electron chi connectivity index (χ2n) is 12.2. The van der Waals surface area contributed by atoms with Gasteiger partial charge in [-0.2, -0.15) is 0 Å². The van der Waals surface area contributed by atoms with Crippen LogP contribution in [0.3, 0.4) is 0 Å². The van der Waals surface area contributed by atoms with Gasteiger partial charge in [-0.05, 0) is 85.3 Å². The van der Waals surface area contributed by atoms with Gasteiger partial charge in [0, 0.05) is 24.5 Å². The average molecular weight is 660 g/mol. The quantitative estimate of drug-likeness (QED) is 0.170. The molecule has 0 radical (unpaired) electrons. The Hall–Kier alpha value is -4.14. The number of carbonyl (C=O) groups excluding carboxylic acids is 2. The van der Waals surface area contributed by atoms with Crippen molar-refractivity contribution in [3.05, 3.63) is 130 Å². The van der Waals surface area contributed by atoms with Crippen molar-refractivity contribution in [3.8, 4) is 0 Å². The van der Waals surface area contributed by atoms with Gasteiger partial charge in [0.25, 0.3) is 10.0 Å². The molecule has 0 fully saturated rings. The Bertz CT molecular complexity index is 1720. The molecule has 0 aromatic heterocycles. The maximum Gasteiger partial charge on any atom is 0.264 e. The van der Waals surface area contributed by atoms with E-state index >= 15 is 0 Å². The first kappa shape index (κ1) is 34.7. The standard InChI is InChI=1S/C37H42ClN3O4S/c1-26(2)23-39-37(43)35(22-30-9-7-6-8-10-30)40(24-31-13-15-32(38)16-14-31)36(42)25-41(33-20-28(4)19-29(5)21-33)46(44,45)34-17-11-27(3)12-18-34/h6-21,26,35H,22-25H2,1-5H3,(H,39,43). The third kappa shape index (κ3) is 9.21. The molecule has 7 nitrogen and oxygen atoms in total. The number of hydrogen-bond acceptors (Lipinski definition) is 4. The molecule has 0 aliphatic carbocycles. The fourth-order valence-corrected chi connectivity index (χ4v) is 6.75. The molecule has 0 heterocycles. The molecule has 46 heavy (non-hydrogen) atoms. The van der Waals surface area contributed by atoms with Crippen molar-refractivity contribution in [1.29, 1.82) is 0 Å². The zero-order chi connectivity index (χ0) is 33.4. The first-order chi connectivity index (χ1) is 21.8. The van der Waals surface area contributed by atoms with Gasteiger partial charge in [-0.25, -0.2) is 8.42 Å². The molecule has 2 amide bonds.